The predicted octanol–water partition coefficient (Wildman–Crippen LogP) is 1.01. The molecular formula is C11H14F2N6. The molecule has 8 heteroatoms. The average molecular weight is 268 g/mol. The van der Waals surface area contributed by atoms with Crippen LogP contribution in [-0.4, -0.2) is 45.7 Å². The van der Waals surface area contributed by atoms with E-state index in [1.165, 1.54) is 6.33 Å². The van der Waals surface area contributed by atoms with E-state index in [4.69, 9.17) is 0 Å². The number of hydrogen-bond acceptors (Lipinski definition) is 5. The molecule has 0 radical (unpaired) electrons. The van der Waals surface area contributed by atoms with Crippen molar-refractivity contribution in [1.29, 1.82) is 0 Å². The van der Waals surface area contributed by atoms with Gasteiger partial charge in [0.2, 0.25) is 0 Å². The molecule has 102 valence electrons. The Hall–Kier alpha value is -1.83. The number of piperidine rings is 1. The SMILES string of the molecule is FC1(F)CNCC[C@@H]1CNc1ncnc2[nH]ncc12. The van der Waals surface area contributed by atoms with Crippen molar-refractivity contribution >= 4 is 16.9 Å². The zero-order valence-electron chi connectivity index (χ0n) is 10.2. The van der Waals surface area contributed by atoms with E-state index in [0.717, 1.165) is 0 Å². The molecule has 0 aromatic carbocycles. The van der Waals surface area contributed by atoms with E-state index in [-0.39, 0.29) is 13.1 Å². The summed E-state index contributed by atoms with van der Waals surface area (Å²) in [6, 6.07) is 0. The van der Waals surface area contributed by atoms with Crippen molar-refractivity contribution in [3.63, 3.8) is 0 Å². The quantitative estimate of drug-likeness (QED) is 0.774. The first kappa shape index (κ1) is 12.2. The zero-order chi connectivity index (χ0) is 13.3. The van der Waals surface area contributed by atoms with Gasteiger partial charge in [0.25, 0.3) is 5.92 Å². The van der Waals surface area contributed by atoms with Crippen LogP contribution < -0.4 is 10.6 Å². The van der Waals surface area contributed by atoms with Gasteiger partial charge >= 0.3 is 0 Å². The van der Waals surface area contributed by atoms with Crippen LogP contribution in [0.2, 0.25) is 0 Å². The van der Waals surface area contributed by atoms with Crippen LogP contribution in [0.5, 0.6) is 0 Å². The maximum atomic E-state index is 13.7. The van der Waals surface area contributed by atoms with Crippen molar-refractivity contribution in [2.24, 2.45) is 5.92 Å². The molecule has 6 nitrogen and oxygen atoms in total. The third-order valence-corrected chi connectivity index (χ3v) is 3.39. The van der Waals surface area contributed by atoms with E-state index in [2.05, 4.69) is 30.8 Å². The van der Waals surface area contributed by atoms with Crippen LogP contribution in [0.25, 0.3) is 11.0 Å². The van der Waals surface area contributed by atoms with Gasteiger partial charge in [0.05, 0.1) is 18.1 Å². The number of nitrogens with one attached hydrogen (secondary N) is 3. The summed E-state index contributed by atoms with van der Waals surface area (Å²) in [6.45, 7) is 0.545. The lowest BCUT2D eigenvalue weighted by atomic mass is 9.94. The fourth-order valence-electron chi connectivity index (χ4n) is 2.26. The van der Waals surface area contributed by atoms with Crippen molar-refractivity contribution in [3.05, 3.63) is 12.5 Å². The summed E-state index contributed by atoms with van der Waals surface area (Å²) in [7, 11) is 0. The van der Waals surface area contributed by atoms with Gasteiger partial charge in [-0.3, -0.25) is 5.10 Å². The fourth-order valence-corrected chi connectivity index (χ4v) is 2.26. The van der Waals surface area contributed by atoms with Gasteiger partial charge in [-0.2, -0.15) is 5.10 Å². The molecule has 3 heterocycles. The van der Waals surface area contributed by atoms with Crippen molar-refractivity contribution in [2.75, 3.05) is 25.0 Å². The second-order valence-corrected chi connectivity index (χ2v) is 4.66. The normalized spacial score (nSPS) is 22.5. The van der Waals surface area contributed by atoms with Gasteiger partial charge in [-0.15, -0.1) is 0 Å². The summed E-state index contributed by atoms with van der Waals surface area (Å²) in [4.78, 5) is 8.07. The molecule has 19 heavy (non-hydrogen) atoms. The molecule has 2 aromatic rings. The highest BCUT2D eigenvalue weighted by Crippen LogP contribution is 2.30. The average Bonchev–Trinajstić information content (AvgIpc) is 2.86. The van der Waals surface area contributed by atoms with Crippen molar-refractivity contribution in [3.8, 4) is 0 Å². The standard InChI is InChI=1S/C11H14F2N6/c12-11(13)5-14-2-1-7(11)3-15-9-8-4-18-19-10(8)17-6-16-9/h4,6-7,14H,1-3,5H2,(H2,15,16,17,18,19)/t7-/m1/s1. The van der Waals surface area contributed by atoms with Crippen molar-refractivity contribution < 1.29 is 8.78 Å². The molecule has 3 N–H and O–H groups in total. The molecule has 0 unspecified atom stereocenters. The van der Waals surface area contributed by atoms with Gasteiger partial charge < -0.3 is 10.6 Å². The monoisotopic (exact) mass is 268 g/mol. The maximum Gasteiger partial charge on any atom is 0.264 e. The molecule has 1 atom stereocenters. The number of aromatic nitrogens is 4. The molecule has 2 aromatic heterocycles. The number of anilines is 1. The van der Waals surface area contributed by atoms with Crippen LogP contribution in [0.1, 0.15) is 6.42 Å². The fraction of sp³-hybridized carbons (Fsp3) is 0.545. The number of halogens is 2. The molecule has 1 aliphatic rings. The van der Waals surface area contributed by atoms with E-state index in [1.54, 1.807) is 6.20 Å². The maximum absolute atomic E-state index is 13.7. The number of rotatable bonds is 3. The van der Waals surface area contributed by atoms with E-state index in [1.807, 2.05) is 0 Å². The van der Waals surface area contributed by atoms with Crippen LogP contribution in [0.15, 0.2) is 12.5 Å². The minimum absolute atomic E-state index is 0.186. The molecule has 1 fully saturated rings. The topological polar surface area (TPSA) is 78.5 Å². The molecular weight excluding hydrogens is 254 g/mol. The summed E-state index contributed by atoms with van der Waals surface area (Å²) < 4.78 is 27.3. The van der Waals surface area contributed by atoms with E-state index in [9.17, 15) is 8.78 Å². The molecule has 1 aliphatic heterocycles. The highest BCUT2D eigenvalue weighted by Gasteiger charge is 2.41. The van der Waals surface area contributed by atoms with Crippen LogP contribution in [0.3, 0.4) is 0 Å². The second-order valence-electron chi connectivity index (χ2n) is 4.66. The van der Waals surface area contributed by atoms with Gasteiger partial charge in [-0.05, 0) is 13.0 Å². The highest BCUT2D eigenvalue weighted by atomic mass is 19.3. The van der Waals surface area contributed by atoms with E-state index in [0.29, 0.717) is 29.8 Å². The minimum atomic E-state index is -2.69. The predicted molar refractivity (Wildman–Crippen MR) is 66.1 cm³/mol. The molecule has 0 spiro atoms. The number of fused-ring (bicyclic) bond motifs is 1. The van der Waals surface area contributed by atoms with Crippen molar-refractivity contribution in [2.45, 2.75) is 12.3 Å². The number of nitrogens with zero attached hydrogens (tertiary/aromatic N) is 3. The Bertz CT molecular complexity index is 569. The summed E-state index contributed by atoms with van der Waals surface area (Å²) in [5.74, 6) is -2.84. The summed E-state index contributed by atoms with van der Waals surface area (Å²) in [5.41, 5.74) is 0.592. The molecule has 0 bridgehead atoms. The smallest absolute Gasteiger partial charge is 0.264 e. The first-order chi connectivity index (χ1) is 9.17. The number of H-pyrrole nitrogens is 1. The minimum Gasteiger partial charge on any atom is -0.369 e. The summed E-state index contributed by atoms with van der Waals surface area (Å²) >= 11 is 0. The number of alkyl halides is 2. The number of aromatic amines is 1. The summed E-state index contributed by atoms with van der Waals surface area (Å²) in [6.07, 6.45) is 3.40. The summed E-state index contributed by atoms with van der Waals surface area (Å²) in [5, 5.41) is 13.0. The van der Waals surface area contributed by atoms with Crippen molar-refractivity contribution in [1.82, 2.24) is 25.5 Å². The van der Waals surface area contributed by atoms with Gasteiger partial charge in [-0.25, -0.2) is 18.7 Å². The van der Waals surface area contributed by atoms with Crippen LogP contribution in [0.4, 0.5) is 14.6 Å². The lowest BCUT2D eigenvalue weighted by Crippen LogP contribution is -2.48. The Morgan fingerprint density at radius 3 is 3.16 bits per heavy atom. The zero-order valence-corrected chi connectivity index (χ0v) is 10.2. The van der Waals surface area contributed by atoms with Crippen LogP contribution in [0, 0.1) is 5.92 Å². The molecule has 0 amide bonds. The lowest BCUT2D eigenvalue weighted by molar-refractivity contribution is -0.0678. The van der Waals surface area contributed by atoms with E-state index >= 15 is 0 Å². The lowest BCUT2D eigenvalue weighted by Gasteiger charge is -2.32. The van der Waals surface area contributed by atoms with Gasteiger partial charge in [0, 0.05) is 12.5 Å². The Kier molecular flexibility index (Phi) is 3.02. The molecule has 3 rings (SSSR count). The Balaban J connectivity index is 1.73. The molecule has 0 saturated carbocycles. The van der Waals surface area contributed by atoms with Crippen LogP contribution in [-0.2, 0) is 0 Å². The van der Waals surface area contributed by atoms with Crippen LogP contribution >= 0.6 is 0 Å². The highest BCUT2D eigenvalue weighted by molar-refractivity contribution is 5.85. The second kappa shape index (κ2) is 4.69. The Morgan fingerprint density at radius 2 is 2.32 bits per heavy atom. The third kappa shape index (κ3) is 2.35. The van der Waals surface area contributed by atoms with Gasteiger partial charge in [0.1, 0.15) is 12.1 Å². The molecule has 0 aliphatic carbocycles. The number of hydrogen-bond donors (Lipinski definition) is 3. The molecule has 1 saturated heterocycles. The first-order valence-electron chi connectivity index (χ1n) is 6.13. The van der Waals surface area contributed by atoms with Gasteiger partial charge in [-0.1, -0.05) is 0 Å². The third-order valence-electron chi connectivity index (χ3n) is 3.39. The van der Waals surface area contributed by atoms with Gasteiger partial charge in [0.15, 0.2) is 5.65 Å². The Morgan fingerprint density at radius 1 is 1.42 bits per heavy atom. The largest absolute Gasteiger partial charge is 0.369 e. The first-order valence-corrected chi connectivity index (χ1v) is 6.13. The Labute approximate surface area is 108 Å². The van der Waals surface area contributed by atoms with E-state index < -0.39 is 11.8 Å².